The second-order valence-corrected chi connectivity index (χ2v) is 7.18. The Morgan fingerprint density at radius 3 is 2.25 bits per heavy atom. The van der Waals surface area contributed by atoms with Gasteiger partial charge in [0.05, 0.1) is 12.7 Å². The minimum absolute atomic E-state index is 0.0103. The molecule has 1 heterocycles. The number of hydrogen-bond acceptors (Lipinski definition) is 3. The highest BCUT2D eigenvalue weighted by Gasteiger charge is 2.27. The number of ether oxygens (including phenoxy) is 1. The number of carbonyl (C=O) groups is 2. The molecule has 1 saturated heterocycles. The molecule has 1 aliphatic rings. The van der Waals surface area contributed by atoms with Crippen LogP contribution in [0.15, 0.2) is 60.7 Å². The van der Waals surface area contributed by atoms with E-state index in [1.165, 1.54) is 18.1 Å². The Labute approximate surface area is 166 Å². The number of nitrogens with one attached hydrogen (secondary N) is 1. The van der Waals surface area contributed by atoms with Gasteiger partial charge in [-0.3, -0.25) is 9.59 Å². The van der Waals surface area contributed by atoms with Gasteiger partial charge in [0.2, 0.25) is 11.8 Å². The molecule has 1 fully saturated rings. The van der Waals surface area contributed by atoms with Crippen LogP contribution in [-0.4, -0.2) is 49.1 Å². The van der Waals surface area contributed by atoms with E-state index in [4.69, 9.17) is 4.74 Å². The maximum Gasteiger partial charge on any atom is 0.224 e. The highest BCUT2D eigenvalue weighted by molar-refractivity contribution is 5.78. The van der Waals surface area contributed by atoms with Crippen molar-refractivity contribution in [3.05, 3.63) is 71.8 Å². The highest BCUT2D eigenvalue weighted by Crippen LogP contribution is 2.30. The number of benzene rings is 2. The molecule has 1 aliphatic heterocycles. The van der Waals surface area contributed by atoms with Crippen molar-refractivity contribution < 1.29 is 14.3 Å². The molecule has 0 bridgehead atoms. The summed E-state index contributed by atoms with van der Waals surface area (Å²) >= 11 is 0. The van der Waals surface area contributed by atoms with Crippen LogP contribution in [0.2, 0.25) is 0 Å². The van der Waals surface area contributed by atoms with Gasteiger partial charge in [0.1, 0.15) is 0 Å². The van der Waals surface area contributed by atoms with Gasteiger partial charge < -0.3 is 15.0 Å². The summed E-state index contributed by atoms with van der Waals surface area (Å²) < 4.78 is 6.01. The van der Waals surface area contributed by atoms with Crippen LogP contribution >= 0.6 is 0 Å². The molecule has 0 spiro atoms. The van der Waals surface area contributed by atoms with Gasteiger partial charge in [-0.2, -0.15) is 0 Å². The highest BCUT2D eigenvalue weighted by atomic mass is 16.5. The van der Waals surface area contributed by atoms with Gasteiger partial charge in [0.25, 0.3) is 0 Å². The van der Waals surface area contributed by atoms with Crippen molar-refractivity contribution in [1.29, 1.82) is 0 Å². The lowest BCUT2D eigenvalue weighted by Gasteiger charge is -2.35. The average Bonchev–Trinajstić information content (AvgIpc) is 2.73. The predicted octanol–water partition coefficient (Wildman–Crippen LogP) is 2.96. The predicted molar refractivity (Wildman–Crippen MR) is 109 cm³/mol. The molecule has 0 radical (unpaired) electrons. The van der Waals surface area contributed by atoms with Crippen LogP contribution in [0.3, 0.4) is 0 Å². The summed E-state index contributed by atoms with van der Waals surface area (Å²) in [6.45, 7) is 3.59. The van der Waals surface area contributed by atoms with Crippen LogP contribution in [0.5, 0.6) is 0 Å². The molecule has 1 N–H and O–H groups in total. The van der Waals surface area contributed by atoms with Crippen molar-refractivity contribution in [3.63, 3.8) is 0 Å². The smallest absolute Gasteiger partial charge is 0.224 e. The van der Waals surface area contributed by atoms with E-state index in [1.54, 1.807) is 0 Å². The molecule has 3 rings (SSSR count). The van der Waals surface area contributed by atoms with E-state index in [2.05, 4.69) is 53.8 Å². The van der Waals surface area contributed by atoms with Crippen molar-refractivity contribution in [2.24, 2.45) is 0 Å². The molecule has 28 heavy (non-hydrogen) atoms. The Bertz CT molecular complexity index is 724. The van der Waals surface area contributed by atoms with Crippen molar-refractivity contribution in [2.45, 2.75) is 31.8 Å². The van der Waals surface area contributed by atoms with E-state index in [9.17, 15) is 9.59 Å². The lowest BCUT2D eigenvalue weighted by atomic mass is 9.86. The van der Waals surface area contributed by atoms with E-state index < -0.39 is 0 Å². The van der Waals surface area contributed by atoms with Crippen molar-refractivity contribution in [1.82, 2.24) is 10.2 Å². The third kappa shape index (κ3) is 5.67. The number of nitrogens with zero attached hydrogens (tertiary/aromatic N) is 1. The van der Waals surface area contributed by atoms with Gasteiger partial charge in [-0.05, 0) is 17.5 Å². The molecule has 5 heteroatoms. The van der Waals surface area contributed by atoms with Crippen LogP contribution < -0.4 is 5.32 Å². The van der Waals surface area contributed by atoms with Crippen LogP contribution in [0.4, 0.5) is 0 Å². The zero-order chi connectivity index (χ0) is 19.8. The third-order valence-electron chi connectivity index (χ3n) is 5.11. The first-order valence-electron chi connectivity index (χ1n) is 9.87. The normalized spacial score (nSPS) is 16.8. The van der Waals surface area contributed by atoms with Gasteiger partial charge >= 0.3 is 0 Å². The number of carbonyl (C=O) groups excluding carboxylic acids is 2. The van der Waals surface area contributed by atoms with Crippen LogP contribution in [0.1, 0.15) is 36.8 Å². The first kappa shape index (κ1) is 20.1. The molecular formula is C23H28N2O3. The Morgan fingerprint density at radius 2 is 1.68 bits per heavy atom. The molecule has 0 unspecified atom stereocenters. The summed E-state index contributed by atoms with van der Waals surface area (Å²) in [7, 11) is 0. The third-order valence-corrected chi connectivity index (χ3v) is 5.11. The van der Waals surface area contributed by atoms with E-state index in [1.807, 2.05) is 17.0 Å². The molecule has 2 amide bonds. The summed E-state index contributed by atoms with van der Waals surface area (Å²) in [5.41, 5.74) is 2.51. The molecular weight excluding hydrogens is 352 g/mol. The summed E-state index contributed by atoms with van der Waals surface area (Å²) in [6, 6.07) is 20.9. The summed E-state index contributed by atoms with van der Waals surface area (Å²) in [4.78, 5) is 25.3. The molecule has 1 atom stereocenters. The number of morpholine rings is 1. The van der Waals surface area contributed by atoms with Crippen LogP contribution in [-0.2, 0) is 14.3 Å². The summed E-state index contributed by atoms with van der Waals surface area (Å²) in [5, 5.41) is 2.68. The quantitative estimate of drug-likeness (QED) is 0.803. The minimum atomic E-state index is -0.110. The van der Waals surface area contributed by atoms with Gasteiger partial charge in [-0.25, -0.2) is 0 Å². The first-order chi connectivity index (χ1) is 13.6. The van der Waals surface area contributed by atoms with Crippen LogP contribution in [0.25, 0.3) is 0 Å². The van der Waals surface area contributed by atoms with E-state index in [0.29, 0.717) is 32.7 Å². The molecule has 0 saturated carbocycles. The molecule has 2 aromatic carbocycles. The molecule has 2 aromatic rings. The molecule has 0 aliphatic carbocycles. The summed E-state index contributed by atoms with van der Waals surface area (Å²) in [5.74, 6) is 0.182. The second-order valence-electron chi connectivity index (χ2n) is 7.18. The largest absolute Gasteiger partial charge is 0.375 e. The van der Waals surface area contributed by atoms with Crippen molar-refractivity contribution >= 4 is 11.8 Å². The van der Waals surface area contributed by atoms with Gasteiger partial charge in [0.15, 0.2) is 0 Å². The maximum absolute atomic E-state index is 12.5. The van der Waals surface area contributed by atoms with E-state index >= 15 is 0 Å². The Hall–Kier alpha value is -2.66. The van der Waals surface area contributed by atoms with E-state index in [0.717, 1.165) is 6.42 Å². The monoisotopic (exact) mass is 380 g/mol. The SMILES string of the molecule is CC(=O)NCCC(=O)N1CCO[C@H](CC(c2ccccc2)c2ccccc2)C1. The fourth-order valence-electron chi connectivity index (χ4n) is 3.69. The Balaban J connectivity index is 1.66. The number of hydrogen-bond donors (Lipinski definition) is 1. The number of amides is 2. The lowest BCUT2D eigenvalue weighted by Crippen LogP contribution is -2.46. The standard InChI is InChI=1S/C23H28N2O3/c1-18(26)24-13-12-23(27)25-14-15-28-21(17-25)16-22(19-8-4-2-5-9-19)20-10-6-3-7-11-20/h2-11,21-22H,12-17H2,1H3,(H,24,26)/t21-/m1/s1. The fourth-order valence-corrected chi connectivity index (χ4v) is 3.69. The van der Waals surface area contributed by atoms with Crippen molar-refractivity contribution in [2.75, 3.05) is 26.2 Å². The minimum Gasteiger partial charge on any atom is -0.375 e. The Kier molecular flexibility index (Phi) is 7.20. The van der Waals surface area contributed by atoms with Gasteiger partial charge in [0, 0.05) is 38.9 Å². The molecule has 5 nitrogen and oxygen atoms in total. The fraction of sp³-hybridized carbons (Fsp3) is 0.391. The van der Waals surface area contributed by atoms with Gasteiger partial charge in [-0.15, -0.1) is 0 Å². The molecule has 148 valence electrons. The van der Waals surface area contributed by atoms with Crippen molar-refractivity contribution in [3.8, 4) is 0 Å². The zero-order valence-corrected chi connectivity index (χ0v) is 16.3. The zero-order valence-electron chi connectivity index (χ0n) is 16.3. The van der Waals surface area contributed by atoms with E-state index in [-0.39, 0.29) is 23.8 Å². The average molecular weight is 380 g/mol. The topological polar surface area (TPSA) is 58.6 Å². The Morgan fingerprint density at radius 1 is 1.07 bits per heavy atom. The summed E-state index contributed by atoms with van der Waals surface area (Å²) in [6.07, 6.45) is 1.14. The lowest BCUT2D eigenvalue weighted by molar-refractivity contribution is -0.139. The van der Waals surface area contributed by atoms with Crippen LogP contribution in [0, 0.1) is 0 Å². The maximum atomic E-state index is 12.5. The number of rotatable bonds is 7. The van der Waals surface area contributed by atoms with Gasteiger partial charge in [-0.1, -0.05) is 60.7 Å². The second kappa shape index (κ2) is 10.0. The first-order valence-corrected chi connectivity index (χ1v) is 9.87. The molecule has 0 aromatic heterocycles.